The third-order valence-electron chi connectivity index (χ3n) is 6.78. The SMILES string of the molecule is COc1cccc(CN(C(=O)CN(c2cccc(C)c2C)S(C)(=O)=O)C(Cc2ccccc2)C(=O)NC(C)(C)C)c1. The van der Waals surface area contributed by atoms with Crippen molar-refractivity contribution < 1.29 is 22.7 Å². The van der Waals surface area contributed by atoms with Gasteiger partial charge < -0.3 is 15.0 Å². The number of nitrogens with zero attached hydrogens (tertiary/aromatic N) is 2. The van der Waals surface area contributed by atoms with Gasteiger partial charge in [-0.3, -0.25) is 13.9 Å². The van der Waals surface area contributed by atoms with Crippen LogP contribution in [0.15, 0.2) is 72.8 Å². The van der Waals surface area contributed by atoms with E-state index in [4.69, 9.17) is 4.74 Å². The summed E-state index contributed by atoms with van der Waals surface area (Å²) in [7, 11) is -2.28. The predicted octanol–water partition coefficient (Wildman–Crippen LogP) is 4.63. The van der Waals surface area contributed by atoms with E-state index < -0.39 is 34.1 Å². The van der Waals surface area contributed by atoms with E-state index in [0.717, 1.165) is 32.8 Å². The van der Waals surface area contributed by atoms with E-state index in [1.807, 2.05) is 83.1 Å². The summed E-state index contributed by atoms with van der Waals surface area (Å²) in [5, 5.41) is 3.03. The minimum Gasteiger partial charge on any atom is -0.497 e. The number of methoxy groups -OCH3 is 1. The van der Waals surface area contributed by atoms with Crippen LogP contribution in [-0.2, 0) is 32.6 Å². The first-order chi connectivity index (χ1) is 19.2. The lowest BCUT2D eigenvalue weighted by Crippen LogP contribution is -2.56. The number of hydrogen-bond donors (Lipinski definition) is 1. The molecule has 0 saturated heterocycles. The first-order valence-electron chi connectivity index (χ1n) is 13.5. The Morgan fingerprint density at radius 2 is 1.56 bits per heavy atom. The van der Waals surface area contributed by atoms with E-state index in [1.54, 1.807) is 31.4 Å². The molecular weight excluding hydrogens is 538 g/mol. The Labute approximate surface area is 244 Å². The first-order valence-corrected chi connectivity index (χ1v) is 15.4. The molecule has 0 aliphatic heterocycles. The van der Waals surface area contributed by atoms with Gasteiger partial charge in [0.1, 0.15) is 18.3 Å². The molecule has 0 fully saturated rings. The second-order valence-corrected chi connectivity index (χ2v) is 13.2. The zero-order valence-electron chi connectivity index (χ0n) is 25.0. The predicted molar refractivity (Wildman–Crippen MR) is 163 cm³/mol. The van der Waals surface area contributed by atoms with E-state index >= 15 is 0 Å². The van der Waals surface area contributed by atoms with Crippen LogP contribution in [0.3, 0.4) is 0 Å². The number of benzene rings is 3. The minimum absolute atomic E-state index is 0.0789. The zero-order chi connectivity index (χ0) is 30.4. The van der Waals surface area contributed by atoms with E-state index in [-0.39, 0.29) is 18.9 Å². The first kappa shape index (κ1) is 31.7. The fraction of sp³-hybridized carbons (Fsp3) is 0.375. The van der Waals surface area contributed by atoms with Gasteiger partial charge in [0, 0.05) is 18.5 Å². The van der Waals surface area contributed by atoms with Crippen molar-refractivity contribution in [2.24, 2.45) is 0 Å². The van der Waals surface area contributed by atoms with Crippen LogP contribution in [0, 0.1) is 13.8 Å². The molecule has 1 N–H and O–H groups in total. The second kappa shape index (κ2) is 13.2. The Morgan fingerprint density at radius 1 is 0.927 bits per heavy atom. The monoisotopic (exact) mass is 579 g/mol. The molecule has 2 amide bonds. The summed E-state index contributed by atoms with van der Waals surface area (Å²) < 4.78 is 32.6. The van der Waals surface area contributed by atoms with Crippen LogP contribution in [0.25, 0.3) is 0 Å². The molecule has 1 atom stereocenters. The van der Waals surface area contributed by atoms with Crippen molar-refractivity contribution in [3.05, 3.63) is 95.1 Å². The molecule has 3 aromatic rings. The molecule has 3 rings (SSSR count). The maximum Gasteiger partial charge on any atom is 0.244 e. The number of rotatable bonds is 11. The van der Waals surface area contributed by atoms with Gasteiger partial charge in [0.05, 0.1) is 19.1 Å². The Morgan fingerprint density at radius 3 is 2.17 bits per heavy atom. The minimum atomic E-state index is -3.84. The average molecular weight is 580 g/mol. The molecule has 3 aromatic carbocycles. The summed E-state index contributed by atoms with van der Waals surface area (Å²) in [5.41, 5.74) is 3.17. The summed E-state index contributed by atoms with van der Waals surface area (Å²) in [4.78, 5) is 29.5. The van der Waals surface area contributed by atoms with E-state index in [2.05, 4.69) is 5.32 Å². The van der Waals surface area contributed by atoms with Gasteiger partial charge in [-0.15, -0.1) is 0 Å². The highest BCUT2D eigenvalue weighted by Gasteiger charge is 2.34. The highest BCUT2D eigenvalue weighted by Crippen LogP contribution is 2.26. The standard InChI is InChI=1S/C32H41N3O5S/c1-23-13-11-18-28(24(23)2)35(41(7,38)39)22-30(36)34(21-26-16-12-17-27(19-26)40-6)29(31(37)33-32(3,4)5)20-25-14-9-8-10-15-25/h8-19,29H,20-22H2,1-7H3,(H,33,37). The van der Waals surface area contributed by atoms with Crippen molar-refractivity contribution in [3.63, 3.8) is 0 Å². The molecule has 0 saturated carbocycles. The Bertz CT molecular complexity index is 1470. The van der Waals surface area contributed by atoms with Crippen LogP contribution in [0.1, 0.15) is 43.0 Å². The molecule has 0 aliphatic rings. The molecule has 8 nitrogen and oxygen atoms in total. The third kappa shape index (κ3) is 8.82. The van der Waals surface area contributed by atoms with Gasteiger partial charge >= 0.3 is 0 Å². The number of ether oxygens (including phenoxy) is 1. The van der Waals surface area contributed by atoms with Gasteiger partial charge in [-0.2, -0.15) is 0 Å². The van der Waals surface area contributed by atoms with Gasteiger partial charge in [0.25, 0.3) is 0 Å². The molecule has 9 heteroatoms. The number of amides is 2. The van der Waals surface area contributed by atoms with Crippen molar-refractivity contribution in [2.45, 2.75) is 59.2 Å². The van der Waals surface area contributed by atoms with E-state index in [0.29, 0.717) is 11.4 Å². The van der Waals surface area contributed by atoms with E-state index in [1.165, 1.54) is 4.90 Å². The lowest BCUT2D eigenvalue weighted by atomic mass is 10.0. The van der Waals surface area contributed by atoms with Crippen molar-refractivity contribution in [2.75, 3.05) is 24.2 Å². The van der Waals surface area contributed by atoms with Gasteiger partial charge in [0.15, 0.2) is 0 Å². The highest BCUT2D eigenvalue weighted by molar-refractivity contribution is 7.92. The highest BCUT2D eigenvalue weighted by atomic mass is 32.2. The molecule has 220 valence electrons. The van der Waals surface area contributed by atoms with Crippen LogP contribution in [-0.4, -0.2) is 56.6 Å². The number of aryl methyl sites for hydroxylation is 1. The lowest BCUT2D eigenvalue weighted by Gasteiger charge is -2.35. The van der Waals surface area contributed by atoms with Crippen LogP contribution in [0.5, 0.6) is 5.75 Å². The number of nitrogens with one attached hydrogen (secondary N) is 1. The molecule has 41 heavy (non-hydrogen) atoms. The fourth-order valence-electron chi connectivity index (χ4n) is 4.57. The van der Waals surface area contributed by atoms with Crippen molar-refractivity contribution in [1.29, 1.82) is 0 Å². The average Bonchev–Trinajstić information content (AvgIpc) is 2.90. The molecule has 0 radical (unpaired) electrons. The Hall–Kier alpha value is -3.85. The summed E-state index contributed by atoms with van der Waals surface area (Å²) in [6.45, 7) is 8.98. The van der Waals surface area contributed by atoms with E-state index in [9.17, 15) is 18.0 Å². The number of sulfonamides is 1. The lowest BCUT2D eigenvalue weighted by molar-refractivity contribution is -0.140. The quantitative estimate of drug-likeness (QED) is 0.357. The van der Waals surface area contributed by atoms with Crippen molar-refractivity contribution in [1.82, 2.24) is 10.2 Å². The van der Waals surface area contributed by atoms with Gasteiger partial charge in [-0.1, -0.05) is 54.6 Å². The van der Waals surface area contributed by atoms with Crippen LogP contribution < -0.4 is 14.4 Å². The Kier molecular flexibility index (Phi) is 10.2. The normalized spacial score (nSPS) is 12.4. The second-order valence-electron chi connectivity index (χ2n) is 11.3. The van der Waals surface area contributed by atoms with Gasteiger partial charge in [0.2, 0.25) is 21.8 Å². The summed E-state index contributed by atoms with van der Waals surface area (Å²) in [6, 6.07) is 21.2. The van der Waals surface area contributed by atoms with Crippen molar-refractivity contribution in [3.8, 4) is 5.75 Å². The van der Waals surface area contributed by atoms with Crippen LogP contribution >= 0.6 is 0 Å². The van der Waals surface area contributed by atoms with Gasteiger partial charge in [-0.25, -0.2) is 8.42 Å². The topological polar surface area (TPSA) is 96.0 Å². The summed E-state index contributed by atoms with van der Waals surface area (Å²) >= 11 is 0. The molecule has 0 aliphatic carbocycles. The Balaban J connectivity index is 2.12. The maximum atomic E-state index is 14.2. The number of anilines is 1. The maximum absolute atomic E-state index is 14.2. The van der Waals surface area contributed by atoms with Crippen LogP contribution in [0.2, 0.25) is 0 Å². The summed E-state index contributed by atoms with van der Waals surface area (Å²) in [6.07, 6.45) is 1.34. The largest absolute Gasteiger partial charge is 0.497 e. The molecule has 0 spiro atoms. The van der Waals surface area contributed by atoms with Gasteiger partial charge in [-0.05, 0) is 75.1 Å². The number of hydrogen-bond acceptors (Lipinski definition) is 5. The zero-order valence-corrected chi connectivity index (χ0v) is 25.8. The number of carbonyl (C=O) groups excluding carboxylic acids is 2. The molecular formula is C32H41N3O5S. The molecule has 0 bridgehead atoms. The van der Waals surface area contributed by atoms with Crippen LogP contribution in [0.4, 0.5) is 5.69 Å². The summed E-state index contributed by atoms with van der Waals surface area (Å²) in [5.74, 6) is -0.207. The number of carbonyl (C=O) groups is 2. The van der Waals surface area contributed by atoms with Crippen molar-refractivity contribution >= 4 is 27.5 Å². The molecule has 0 aromatic heterocycles. The third-order valence-corrected chi connectivity index (χ3v) is 7.91. The smallest absolute Gasteiger partial charge is 0.244 e. The fourth-order valence-corrected chi connectivity index (χ4v) is 5.47. The molecule has 0 heterocycles. The molecule has 1 unspecified atom stereocenters.